The summed E-state index contributed by atoms with van der Waals surface area (Å²) in [6, 6.07) is 0. The lowest BCUT2D eigenvalue weighted by atomic mass is 9.87. The Hall–Kier alpha value is -2.86. The van der Waals surface area contributed by atoms with Gasteiger partial charge in [-0.15, -0.1) is 0 Å². The van der Waals surface area contributed by atoms with Crippen LogP contribution in [0.5, 0.6) is 0 Å². The van der Waals surface area contributed by atoms with E-state index in [-0.39, 0.29) is 59.9 Å². The molecule has 4 rings (SSSR count). The van der Waals surface area contributed by atoms with E-state index in [1.165, 1.54) is 19.9 Å². The van der Waals surface area contributed by atoms with Crippen molar-refractivity contribution in [1.29, 1.82) is 0 Å². The molecule has 2 saturated heterocycles. The van der Waals surface area contributed by atoms with Crippen molar-refractivity contribution in [2.75, 3.05) is 37.8 Å². The number of imidazole rings is 1. The highest BCUT2D eigenvalue weighted by Crippen LogP contribution is 2.56. The summed E-state index contributed by atoms with van der Waals surface area (Å²) in [7, 11) is -17.7. The number of ether oxygens (including phenoxy) is 3. The van der Waals surface area contributed by atoms with E-state index in [9.17, 15) is 68.1 Å². The molecule has 8 N–H and O–H groups in total. The van der Waals surface area contributed by atoms with Crippen LogP contribution in [0.3, 0.4) is 0 Å². The summed E-state index contributed by atoms with van der Waals surface area (Å²) in [4.78, 5) is 96.9. The Morgan fingerprint density at radius 2 is 1.68 bits per heavy atom. The number of nitrogens with one attached hydrogen (secondary N) is 2. The number of aromatic nitrogens is 4. The van der Waals surface area contributed by atoms with Crippen molar-refractivity contribution in [1.82, 2.24) is 30.2 Å². The number of fused-ring (bicyclic) bond motifs is 1. The number of nitrogens with two attached hydrogens (primary N) is 1. The number of hydrogen-bond donors (Lipinski definition) is 7. The second kappa shape index (κ2) is 27.6. The molecule has 2 unspecified atom stereocenters. The lowest BCUT2D eigenvalue weighted by molar-refractivity contribution is -0.347. The van der Waals surface area contributed by atoms with Gasteiger partial charge in [0.05, 0.1) is 45.7 Å². The highest BCUT2D eigenvalue weighted by atomic mass is 32.2. The number of carbonyl (C=O) groups is 3. The van der Waals surface area contributed by atoms with E-state index in [0.29, 0.717) is 0 Å². The molecular weight excluding hydrogens is 1030 g/mol. The lowest BCUT2D eigenvalue weighted by Gasteiger charge is -2.36. The number of aliphatic hydroxyl groups is 4. The van der Waals surface area contributed by atoms with Gasteiger partial charge in [0.25, 0.3) is 15.6 Å². The van der Waals surface area contributed by atoms with Crippen molar-refractivity contribution in [2.24, 2.45) is 5.41 Å². The predicted octanol–water partition coefficient (Wildman–Crippen LogP) is -1.31. The summed E-state index contributed by atoms with van der Waals surface area (Å²) in [6.45, 7) is 3.67. The predicted molar refractivity (Wildman–Crippen MR) is 241 cm³/mol. The minimum Gasteiger partial charge on any atom is -0.790 e. The number of phosphoric ester groups is 3. The monoisotopic (exact) mass is 1090 g/mol. The number of thioether (sulfide) groups is 1. The molecule has 28 nitrogen and oxygen atoms in total. The summed E-state index contributed by atoms with van der Waals surface area (Å²) in [5, 5.41) is 46.1. The Kier molecular flexibility index (Phi) is 23.6. The van der Waals surface area contributed by atoms with Gasteiger partial charge < -0.3 is 88.7 Å². The summed E-state index contributed by atoms with van der Waals surface area (Å²) < 4.78 is 72.2. The topological polar surface area (TPSA) is 434 Å². The second-order valence-corrected chi connectivity index (χ2v) is 22.6. The largest absolute Gasteiger partial charge is 0.790 e. The van der Waals surface area contributed by atoms with Gasteiger partial charge in [-0.25, -0.2) is 19.3 Å². The number of allylic oxidation sites excluding steroid dienone is 1. The van der Waals surface area contributed by atoms with Crippen molar-refractivity contribution >= 4 is 69.1 Å². The molecule has 2 amide bonds. The normalized spacial score (nSPS) is 25.7. The number of unbranched alkanes of at least 4 members (excludes halogenated alkanes) is 5. The third-order valence-electron chi connectivity index (χ3n) is 11.0. The Bertz CT molecular complexity index is 2240. The first-order chi connectivity index (χ1) is 33.2. The maximum atomic E-state index is 12.7. The highest BCUT2D eigenvalue weighted by Gasteiger charge is 2.47. The zero-order valence-corrected chi connectivity index (χ0v) is 42.8. The molecule has 0 aliphatic carbocycles. The zero-order chi connectivity index (χ0) is 52.7. The van der Waals surface area contributed by atoms with E-state index in [2.05, 4.69) is 43.5 Å². The molecule has 404 valence electrons. The van der Waals surface area contributed by atoms with Gasteiger partial charge in [0.1, 0.15) is 42.4 Å². The molecule has 0 aromatic carbocycles. The van der Waals surface area contributed by atoms with Crippen LogP contribution >= 0.6 is 35.2 Å². The Morgan fingerprint density at radius 1 is 0.986 bits per heavy atom. The summed E-state index contributed by atoms with van der Waals surface area (Å²) >= 11 is 1.01. The van der Waals surface area contributed by atoms with Crippen LogP contribution in [-0.4, -0.2) is 144 Å². The van der Waals surface area contributed by atoms with Crippen molar-refractivity contribution in [2.45, 2.75) is 147 Å². The van der Waals surface area contributed by atoms with Crippen molar-refractivity contribution in [3.8, 4) is 0 Å². The van der Waals surface area contributed by atoms with Crippen LogP contribution in [0.1, 0.15) is 91.7 Å². The van der Waals surface area contributed by atoms with Crippen LogP contribution < -0.4 is 35.9 Å². The molecule has 2 aliphatic heterocycles. The van der Waals surface area contributed by atoms with Gasteiger partial charge in [-0.3, -0.25) is 28.1 Å². The van der Waals surface area contributed by atoms with E-state index in [4.69, 9.17) is 19.9 Å². The molecule has 0 radical (unpaired) electrons. The Morgan fingerprint density at radius 3 is 2.39 bits per heavy atom. The number of rotatable bonds is 30. The molecule has 2 aromatic rings. The number of hydrogen-bond acceptors (Lipinski definition) is 26. The minimum absolute atomic E-state index is 0.0277. The minimum atomic E-state index is -5.94. The van der Waals surface area contributed by atoms with Crippen LogP contribution in [0, 0.1) is 5.41 Å². The molecule has 0 spiro atoms. The SMILES string of the molecule is C[C@H](CCCCCCC/C=C/C(=O)SCCNC(=O)CCNC(=O)[C@H](O)C(C)(C)COP(=O)([O-])OP(=O)([O-])OC[C@H]1O[C@@H](n2cnc3c(N)ncnc32)[C@H](O)[C@@H]1OP(=O)([O-])[O-])O[C@@H]1O[C@@H](C)[C@H](O)C[C@H]1O. The summed E-state index contributed by atoms with van der Waals surface area (Å²) in [5.74, 6) is -1.31. The second-order valence-electron chi connectivity index (χ2n) is 17.4. The van der Waals surface area contributed by atoms with Crippen molar-refractivity contribution < 1.29 is 100 Å². The first-order valence-electron chi connectivity index (χ1n) is 22.5. The van der Waals surface area contributed by atoms with E-state index in [1.54, 1.807) is 13.0 Å². The number of aliphatic hydroxyl groups excluding tert-OH is 4. The first kappa shape index (κ1) is 60.7. The van der Waals surface area contributed by atoms with E-state index in [1.807, 2.05) is 6.92 Å². The summed E-state index contributed by atoms with van der Waals surface area (Å²) in [5.41, 5.74) is 4.05. The van der Waals surface area contributed by atoms with Crippen LogP contribution in [0.25, 0.3) is 11.2 Å². The Labute approximate surface area is 413 Å². The molecule has 12 atom stereocenters. The molecule has 32 heteroatoms. The average molecular weight is 1090 g/mol. The highest BCUT2D eigenvalue weighted by molar-refractivity contribution is 8.14. The van der Waals surface area contributed by atoms with Gasteiger partial charge in [0.2, 0.25) is 16.9 Å². The molecule has 4 heterocycles. The molecule has 2 aromatic heterocycles. The van der Waals surface area contributed by atoms with Gasteiger partial charge in [-0.05, 0) is 39.2 Å². The fourth-order valence-corrected chi connectivity index (χ4v) is 10.4. The van der Waals surface area contributed by atoms with Gasteiger partial charge in [-0.1, -0.05) is 57.4 Å². The molecule has 2 fully saturated rings. The zero-order valence-electron chi connectivity index (χ0n) is 39.3. The fourth-order valence-electron chi connectivity index (χ4n) is 7.07. The smallest absolute Gasteiger partial charge is 0.274 e. The molecule has 0 bridgehead atoms. The van der Waals surface area contributed by atoms with Gasteiger partial charge in [-0.2, -0.15) is 0 Å². The average Bonchev–Trinajstić information content (AvgIpc) is 3.84. The number of anilines is 1. The third kappa shape index (κ3) is 20.1. The number of nitrogens with zero attached hydrogens (tertiary/aromatic N) is 4. The summed E-state index contributed by atoms with van der Waals surface area (Å²) in [6.07, 6.45) is -0.549. The fraction of sp³-hybridized carbons (Fsp3) is 0.744. The number of amides is 2. The van der Waals surface area contributed by atoms with Gasteiger partial charge >= 0.3 is 0 Å². The lowest BCUT2D eigenvalue weighted by Crippen LogP contribution is -2.48. The molecule has 71 heavy (non-hydrogen) atoms. The van der Waals surface area contributed by atoms with E-state index < -0.39 is 109 Å². The van der Waals surface area contributed by atoms with Crippen LogP contribution in [-0.2, 0) is 60.2 Å². The van der Waals surface area contributed by atoms with Crippen molar-refractivity contribution in [3.05, 3.63) is 24.8 Å². The maximum Gasteiger partial charge on any atom is 0.274 e. The van der Waals surface area contributed by atoms with Crippen LogP contribution in [0.15, 0.2) is 24.8 Å². The molecule has 2 aliphatic rings. The molecular formula is C39H62N7O21P3S-4. The van der Waals surface area contributed by atoms with Gasteiger partial charge in [0.15, 0.2) is 24.0 Å². The van der Waals surface area contributed by atoms with E-state index in [0.717, 1.165) is 73.9 Å². The van der Waals surface area contributed by atoms with Crippen molar-refractivity contribution in [3.63, 3.8) is 0 Å². The third-order valence-corrected chi connectivity index (χ3v) is 14.9. The maximum absolute atomic E-state index is 12.7. The number of carbonyl (C=O) groups excluding carboxylic acids is 3. The molecule has 0 saturated carbocycles. The van der Waals surface area contributed by atoms with Crippen LogP contribution in [0.2, 0.25) is 0 Å². The standard InChI is InChI=1S/C39H66N7O21P3S/c1-23(63-38-26(48)18-25(47)24(2)64-38)12-10-8-6-5-7-9-11-13-29(50)71-17-16-41-28(49)14-15-42-36(53)33(52)39(3,4)20-62-70(59,60)67-69(57,58)61-19-27-32(66-68(54,55)56)31(51)37(65-27)46-22-45-30-34(40)43-21-44-35(30)46/h11,13,21-27,31-33,37-38,47-48,51-52H,5-10,12,14-20H2,1-4H3,(H,41,49)(H,42,53)(H,57,58)(H,59,60)(H2,40,43,44)(H2,54,55,56)/p-4/b13-11+/t23-,24+,25-,26-,27-,31-,32-,33+,37-,38-/m1/s1. The Balaban J connectivity index is 1.07. The first-order valence-corrected chi connectivity index (χ1v) is 27.9. The number of phosphoric acid groups is 3. The quantitative estimate of drug-likeness (QED) is 0.0271. The number of nitrogen functional groups attached to an aromatic ring is 1. The van der Waals surface area contributed by atoms with Gasteiger partial charge in [0, 0.05) is 37.1 Å². The van der Waals surface area contributed by atoms with Crippen LogP contribution in [0.4, 0.5) is 5.82 Å². The van der Waals surface area contributed by atoms with E-state index >= 15 is 0 Å².